The topological polar surface area (TPSA) is 117 Å². The Kier molecular flexibility index (Phi) is 8.21. The van der Waals surface area contributed by atoms with E-state index in [1.54, 1.807) is 30.3 Å². The Hall–Kier alpha value is -4.18. The van der Waals surface area contributed by atoms with Crippen molar-refractivity contribution in [2.24, 2.45) is 17.8 Å². The molecule has 8 nitrogen and oxygen atoms in total. The number of carbonyl (C=O) groups is 2. The maximum atomic E-state index is 13.9. The first-order chi connectivity index (χ1) is 20.8. The summed E-state index contributed by atoms with van der Waals surface area (Å²) in [6.07, 6.45) is 3.78. The number of allylic oxidation sites excluding steroid dienone is 1. The second-order valence-electron chi connectivity index (χ2n) is 11.5. The predicted molar refractivity (Wildman–Crippen MR) is 164 cm³/mol. The number of hydrogen-bond acceptors (Lipinski definition) is 7. The van der Waals surface area contributed by atoms with Gasteiger partial charge >= 0.3 is 7.12 Å². The number of nitrogens with zero attached hydrogens (tertiary/aromatic N) is 1. The molecule has 6 rings (SSSR count). The van der Waals surface area contributed by atoms with Gasteiger partial charge in [0.05, 0.1) is 30.2 Å². The average molecular weight is 579 g/mol. The Morgan fingerprint density at radius 2 is 1.77 bits per heavy atom. The van der Waals surface area contributed by atoms with Gasteiger partial charge < -0.3 is 24.6 Å². The lowest BCUT2D eigenvalue weighted by Gasteiger charge is -2.31. The highest BCUT2D eigenvalue weighted by molar-refractivity contribution is 6.58. The molecular weight excluding hydrogens is 545 g/mol. The van der Waals surface area contributed by atoms with Gasteiger partial charge in [0.1, 0.15) is 18.1 Å². The van der Waals surface area contributed by atoms with Crippen LogP contribution in [0.25, 0.3) is 6.08 Å². The molecule has 3 aromatic carbocycles. The smallest absolute Gasteiger partial charge is 0.488 e. The third-order valence-electron chi connectivity index (χ3n) is 8.70. The van der Waals surface area contributed by atoms with E-state index in [0.29, 0.717) is 25.3 Å². The number of phenols is 1. The highest BCUT2D eigenvalue weighted by atomic mass is 16.5. The van der Waals surface area contributed by atoms with Gasteiger partial charge in [-0.1, -0.05) is 54.1 Å². The van der Waals surface area contributed by atoms with Gasteiger partial charge in [-0.3, -0.25) is 14.5 Å². The molecule has 2 heterocycles. The maximum Gasteiger partial charge on any atom is 0.488 e. The SMILES string of the molecule is C/C(=C\c1ccc(O)cc1)CC[C@H]1OC[C@H]2C1=C(COc1ccccc1)C[C@H]1C(=O)N(c3cccc(B(O)O)c3)C(=O)[C@H]12. The summed E-state index contributed by atoms with van der Waals surface area (Å²) in [4.78, 5) is 28.9. The van der Waals surface area contributed by atoms with E-state index in [1.807, 2.05) is 42.5 Å². The number of ether oxygens (including phenoxy) is 2. The zero-order valence-electron chi connectivity index (χ0n) is 23.9. The summed E-state index contributed by atoms with van der Waals surface area (Å²) in [5, 5.41) is 28.9. The van der Waals surface area contributed by atoms with Crippen LogP contribution < -0.4 is 15.1 Å². The largest absolute Gasteiger partial charge is 0.508 e. The lowest BCUT2D eigenvalue weighted by atomic mass is 9.69. The Morgan fingerprint density at radius 1 is 1.00 bits per heavy atom. The van der Waals surface area contributed by atoms with E-state index in [0.717, 1.165) is 35.3 Å². The number of amides is 2. The van der Waals surface area contributed by atoms with Crippen molar-refractivity contribution in [1.82, 2.24) is 0 Å². The second-order valence-corrected chi connectivity index (χ2v) is 11.5. The van der Waals surface area contributed by atoms with Crippen molar-refractivity contribution in [3.8, 4) is 11.5 Å². The molecule has 0 spiro atoms. The van der Waals surface area contributed by atoms with Crippen LogP contribution in [0, 0.1) is 17.8 Å². The fourth-order valence-electron chi connectivity index (χ4n) is 6.66. The van der Waals surface area contributed by atoms with E-state index in [-0.39, 0.29) is 35.0 Å². The summed E-state index contributed by atoms with van der Waals surface area (Å²) in [6.45, 7) is 2.71. The molecule has 3 aliphatic rings. The lowest BCUT2D eigenvalue weighted by molar-refractivity contribution is -0.122. The third kappa shape index (κ3) is 5.88. The van der Waals surface area contributed by atoms with Gasteiger partial charge in [0, 0.05) is 5.92 Å². The van der Waals surface area contributed by atoms with Crippen molar-refractivity contribution in [3.63, 3.8) is 0 Å². The Bertz CT molecular complexity index is 1570. The third-order valence-corrected chi connectivity index (χ3v) is 8.70. The Balaban J connectivity index is 1.27. The van der Waals surface area contributed by atoms with Crippen LogP contribution in [-0.2, 0) is 14.3 Å². The van der Waals surface area contributed by atoms with Crippen molar-refractivity contribution >= 4 is 36.2 Å². The standard InChI is InChI=1S/C34H34BNO7/c1-21(16-22-11-13-26(37)14-12-22)10-15-30-31-23(19-42-27-8-3-2-4-9-27)17-28-32(29(31)20-43-30)34(39)36(33(28)38)25-7-5-6-24(18-25)35(40)41/h2-9,11-14,16,18,28-30,32,37,40-41H,10,15,17,19-20H2,1H3/b21-16+/t28-,29+,30-,32-/m1/s1. The van der Waals surface area contributed by atoms with Gasteiger partial charge in [0.15, 0.2) is 0 Å². The summed E-state index contributed by atoms with van der Waals surface area (Å²) in [5.41, 5.74) is 4.79. The fourth-order valence-corrected chi connectivity index (χ4v) is 6.66. The Labute approximate surface area is 251 Å². The first kappa shape index (κ1) is 28.9. The predicted octanol–water partition coefficient (Wildman–Crippen LogP) is 3.86. The molecule has 0 radical (unpaired) electrons. The summed E-state index contributed by atoms with van der Waals surface area (Å²) in [6, 6.07) is 22.9. The lowest BCUT2D eigenvalue weighted by Crippen LogP contribution is -2.36. The summed E-state index contributed by atoms with van der Waals surface area (Å²) >= 11 is 0. The van der Waals surface area contributed by atoms with Crippen LogP contribution in [-0.4, -0.2) is 53.4 Å². The van der Waals surface area contributed by atoms with Crippen LogP contribution in [0.3, 0.4) is 0 Å². The minimum absolute atomic E-state index is 0.201. The molecular formula is C34H34BNO7. The molecule has 9 heteroatoms. The molecule has 43 heavy (non-hydrogen) atoms. The number of para-hydroxylation sites is 1. The van der Waals surface area contributed by atoms with Crippen LogP contribution in [0.4, 0.5) is 5.69 Å². The molecule has 2 aliphatic heterocycles. The molecule has 2 saturated heterocycles. The van der Waals surface area contributed by atoms with Gasteiger partial charge in [-0.15, -0.1) is 0 Å². The molecule has 220 valence electrons. The highest BCUT2D eigenvalue weighted by Crippen LogP contribution is 2.50. The molecule has 2 amide bonds. The molecule has 0 aromatic heterocycles. The molecule has 3 N–H and O–H groups in total. The van der Waals surface area contributed by atoms with Crippen molar-refractivity contribution < 1.29 is 34.2 Å². The first-order valence-corrected chi connectivity index (χ1v) is 14.6. The van der Waals surface area contributed by atoms with Crippen LogP contribution in [0.1, 0.15) is 31.7 Å². The molecule has 4 atom stereocenters. The van der Waals surface area contributed by atoms with Crippen LogP contribution in [0.15, 0.2) is 95.6 Å². The van der Waals surface area contributed by atoms with Gasteiger partial charge in [0.25, 0.3) is 0 Å². The number of hydrogen-bond donors (Lipinski definition) is 3. The number of anilines is 1. The van der Waals surface area contributed by atoms with Crippen molar-refractivity contribution in [2.75, 3.05) is 18.1 Å². The summed E-state index contributed by atoms with van der Waals surface area (Å²) < 4.78 is 12.5. The van der Waals surface area contributed by atoms with E-state index in [4.69, 9.17) is 9.47 Å². The van der Waals surface area contributed by atoms with Crippen LogP contribution in [0.2, 0.25) is 0 Å². The highest BCUT2D eigenvalue weighted by Gasteiger charge is 2.57. The monoisotopic (exact) mass is 579 g/mol. The zero-order valence-corrected chi connectivity index (χ0v) is 23.9. The van der Waals surface area contributed by atoms with Gasteiger partial charge in [-0.05, 0) is 84.8 Å². The van der Waals surface area contributed by atoms with E-state index < -0.39 is 19.0 Å². The van der Waals surface area contributed by atoms with Crippen molar-refractivity contribution in [3.05, 3.63) is 101 Å². The van der Waals surface area contributed by atoms with Gasteiger partial charge in [0.2, 0.25) is 11.8 Å². The maximum absolute atomic E-state index is 13.9. The van der Waals surface area contributed by atoms with Crippen LogP contribution in [0.5, 0.6) is 11.5 Å². The number of rotatable bonds is 9. The van der Waals surface area contributed by atoms with Crippen molar-refractivity contribution in [1.29, 1.82) is 0 Å². The Morgan fingerprint density at radius 3 is 2.51 bits per heavy atom. The molecule has 2 fully saturated rings. The van der Waals surface area contributed by atoms with Gasteiger partial charge in [-0.25, -0.2) is 0 Å². The summed E-state index contributed by atoms with van der Waals surface area (Å²) in [7, 11) is -1.71. The molecule has 3 aromatic rings. The molecule has 0 unspecified atom stereocenters. The number of aromatic hydroxyl groups is 1. The number of carbonyl (C=O) groups excluding carboxylic acids is 2. The number of fused-ring (bicyclic) bond motifs is 3. The van der Waals surface area contributed by atoms with Crippen molar-refractivity contribution in [2.45, 2.75) is 32.3 Å². The average Bonchev–Trinajstić information content (AvgIpc) is 3.54. The zero-order chi connectivity index (χ0) is 30.1. The van der Waals surface area contributed by atoms with E-state index in [9.17, 15) is 24.7 Å². The van der Waals surface area contributed by atoms with Crippen LogP contribution >= 0.6 is 0 Å². The van der Waals surface area contributed by atoms with E-state index >= 15 is 0 Å². The first-order valence-electron chi connectivity index (χ1n) is 14.6. The molecule has 0 saturated carbocycles. The minimum atomic E-state index is -1.71. The fraction of sp³-hybridized carbons (Fsp3) is 0.294. The second kappa shape index (κ2) is 12.2. The molecule has 1 aliphatic carbocycles. The quantitative estimate of drug-likeness (QED) is 0.200. The van der Waals surface area contributed by atoms with E-state index in [1.165, 1.54) is 16.5 Å². The van der Waals surface area contributed by atoms with Gasteiger partial charge in [-0.2, -0.15) is 0 Å². The normalized spacial score (nSPS) is 23.4. The molecule has 0 bridgehead atoms. The number of benzene rings is 3. The summed E-state index contributed by atoms with van der Waals surface area (Å²) in [5.74, 6) is -0.948. The minimum Gasteiger partial charge on any atom is -0.508 e. The number of imide groups is 1. The van der Waals surface area contributed by atoms with E-state index in [2.05, 4.69) is 13.0 Å². The number of phenolic OH excluding ortho intramolecular Hbond substituents is 1.